The van der Waals surface area contributed by atoms with E-state index < -0.39 is 46.0 Å². The molecule has 0 unspecified atom stereocenters. The number of nitrogens with zero attached hydrogens (tertiary/aromatic N) is 2. The third kappa shape index (κ3) is 11.7. The Morgan fingerprint density at radius 2 is 1.05 bits per heavy atom. The molecule has 42 heavy (non-hydrogen) atoms. The van der Waals surface area contributed by atoms with Gasteiger partial charge < -0.3 is 14.6 Å². The molecule has 0 aliphatic carbocycles. The van der Waals surface area contributed by atoms with Crippen LogP contribution in [0.3, 0.4) is 0 Å². The molecular weight excluding hydrogens is 615 g/mol. The summed E-state index contributed by atoms with van der Waals surface area (Å²) < 4.78 is 10.3. The molecule has 2 aromatic rings. The second-order valence-corrected chi connectivity index (χ2v) is 10.0. The van der Waals surface area contributed by atoms with Crippen LogP contribution in [0, 0.1) is 0 Å². The van der Waals surface area contributed by atoms with Gasteiger partial charge in [0.25, 0.3) is 0 Å². The van der Waals surface area contributed by atoms with Crippen LogP contribution in [-0.4, -0.2) is 74.0 Å². The summed E-state index contributed by atoms with van der Waals surface area (Å²) in [4.78, 5) is 67.2. The van der Waals surface area contributed by atoms with Crippen LogP contribution < -0.4 is 0 Å². The monoisotopic (exact) mass is 642 g/mol. The van der Waals surface area contributed by atoms with Crippen molar-refractivity contribution in [3.8, 4) is 0 Å². The van der Waals surface area contributed by atoms with Crippen molar-refractivity contribution in [1.82, 2.24) is 9.80 Å². The molecular formula is C28H29Cl3N2O9. The highest BCUT2D eigenvalue weighted by molar-refractivity contribution is 6.97. The Bertz CT molecular complexity index is 1140. The van der Waals surface area contributed by atoms with Gasteiger partial charge in [-0.2, -0.15) is 0 Å². The Kier molecular flexibility index (Phi) is 14.8. The Balaban J connectivity index is 0.000000247. The van der Waals surface area contributed by atoms with E-state index in [1.807, 2.05) is 60.7 Å². The molecule has 2 aliphatic heterocycles. The number of halogens is 3. The maximum atomic E-state index is 11.8. The number of carboxylic acid groups (broad SMARTS) is 1. The third-order valence-corrected chi connectivity index (χ3v) is 6.78. The maximum Gasteiger partial charge on any atom is 0.410 e. The minimum absolute atomic E-state index is 0.169. The highest BCUT2D eigenvalue weighted by Gasteiger charge is 2.35. The Labute approximate surface area is 257 Å². The van der Waals surface area contributed by atoms with Gasteiger partial charge in [-0.1, -0.05) is 60.7 Å². The van der Waals surface area contributed by atoms with E-state index in [0.717, 1.165) is 17.5 Å². The van der Waals surface area contributed by atoms with E-state index in [9.17, 15) is 28.8 Å². The summed E-state index contributed by atoms with van der Waals surface area (Å²) in [5.74, 6) is -0.968. The van der Waals surface area contributed by atoms with E-state index in [2.05, 4.69) is 23.2 Å². The van der Waals surface area contributed by atoms with Gasteiger partial charge in [0.2, 0.25) is 5.24 Å². The van der Waals surface area contributed by atoms with Gasteiger partial charge in [0.15, 0.2) is 0 Å². The number of likely N-dealkylation sites (tertiary alicyclic amines) is 2. The van der Waals surface area contributed by atoms with Gasteiger partial charge in [0.05, 0.1) is 0 Å². The second kappa shape index (κ2) is 18.0. The fraction of sp³-hybridized carbons (Fsp3) is 0.357. The van der Waals surface area contributed by atoms with Gasteiger partial charge in [-0.05, 0) is 71.6 Å². The van der Waals surface area contributed by atoms with Crippen LogP contribution in [0.25, 0.3) is 0 Å². The molecule has 2 atom stereocenters. The standard InChI is InChI=1S/C13H14ClNO3.C13H15NO4.C2Cl2O2/c14-12(16)11-7-4-8-15(11)13(17)18-9-10-5-2-1-3-6-10;15-12(16)11-7-4-8-14(11)13(17)18-9-10-5-2-1-3-6-10;3-1(5)2(4)6/h1-3,5-6,11H,4,7-9H2;1-3,5-6,11H,4,7-9H2,(H,15,16);/t2*11-;/m00./s1. The van der Waals surface area contributed by atoms with E-state index >= 15 is 0 Å². The predicted octanol–water partition coefficient (Wildman–Crippen LogP) is 4.94. The number of hydrogen-bond acceptors (Lipinski definition) is 8. The summed E-state index contributed by atoms with van der Waals surface area (Å²) in [6.45, 7) is 1.35. The summed E-state index contributed by atoms with van der Waals surface area (Å²) in [6.07, 6.45) is 1.57. The maximum absolute atomic E-state index is 11.8. The quantitative estimate of drug-likeness (QED) is 0.327. The average Bonchev–Trinajstić information content (AvgIpc) is 3.67. The van der Waals surface area contributed by atoms with Crippen molar-refractivity contribution in [2.24, 2.45) is 0 Å². The van der Waals surface area contributed by atoms with Crippen LogP contribution in [-0.2, 0) is 41.9 Å². The molecule has 4 rings (SSSR count). The van der Waals surface area contributed by atoms with Crippen molar-refractivity contribution >= 4 is 68.7 Å². The molecule has 11 nitrogen and oxygen atoms in total. The van der Waals surface area contributed by atoms with E-state index in [1.54, 1.807) is 0 Å². The third-order valence-electron chi connectivity index (χ3n) is 6.09. The molecule has 0 radical (unpaired) electrons. The smallest absolute Gasteiger partial charge is 0.410 e. The largest absolute Gasteiger partial charge is 0.480 e. The van der Waals surface area contributed by atoms with Crippen molar-refractivity contribution in [3.63, 3.8) is 0 Å². The number of rotatable bonds is 7. The fourth-order valence-corrected chi connectivity index (χ4v) is 4.29. The van der Waals surface area contributed by atoms with Crippen molar-refractivity contribution in [2.75, 3.05) is 13.1 Å². The number of hydrogen-bond donors (Lipinski definition) is 1. The SMILES string of the molecule is O=C(Cl)C(=O)Cl.O=C(Cl)[C@@H]1CCCN1C(=O)OCc1ccccc1.O=C(O)[C@@H]1CCCN1C(=O)OCc1ccccc1. The zero-order chi connectivity index (χ0) is 31.1. The van der Waals surface area contributed by atoms with Gasteiger partial charge in [-0.25, -0.2) is 14.4 Å². The summed E-state index contributed by atoms with van der Waals surface area (Å²) in [5.41, 5.74) is 1.80. The molecule has 2 aliphatic rings. The molecule has 2 heterocycles. The van der Waals surface area contributed by atoms with Gasteiger partial charge in [-0.3, -0.25) is 24.2 Å². The van der Waals surface area contributed by atoms with Crippen molar-refractivity contribution < 1.29 is 43.3 Å². The lowest BCUT2D eigenvalue weighted by atomic mass is 10.2. The van der Waals surface area contributed by atoms with Gasteiger partial charge >= 0.3 is 28.6 Å². The highest BCUT2D eigenvalue weighted by Crippen LogP contribution is 2.21. The minimum atomic E-state index is -1.14. The molecule has 226 valence electrons. The number of benzene rings is 2. The van der Waals surface area contributed by atoms with Crippen LogP contribution >= 0.6 is 34.8 Å². The van der Waals surface area contributed by atoms with Crippen molar-refractivity contribution in [1.29, 1.82) is 0 Å². The first-order valence-electron chi connectivity index (χ1n) is 12.8. The molecule has 1 N–H and O–H groups in total. The lowest BCUT2D eigenvalue weighted by Gasteiger charge is -2.20. The Morgan fingerprint density at radius 1 is 0.667 bits per heavy atom. The van der Waals surface area contributed by atoms with E-state index in [4.69, 9.17) is 26.2 Å². The zero-order valence-corrected chi connectivity index (χ0v) is 24.6. The number of carboxylic acids is 1. The van der Waals surface area contributed by atoms with Crippen LogP contribution in [0.4, 0.5) is 9.59 Å². The molecule has 14 heteroatoms. The topological polar surface area (TPSA) is 148 Å². The second-order valence-electron chi connectivity index (χ2n) is 8.97. The van der Waals surface area contributed by atoms with Gasteiger partial charge in [0.1, 0.15) is 25.3 Å². The van der Waals surface area contributed by atoms with Crippen molar-refractivity contribution in [2.45, 2.75) is 51.0 Å². The molecule has 0 saturated carbocycles. The van der Waals surface area contributed by atoms with E-state index in [0.29, 0.717) is 32.4 Å². The number of carbonyl (C=O) groups excluding carboxylic acids is 5. The first-order chi connectivity index (χ1) is 20.0. The van der Waals surface area contributed by atoms with E-state index in [1.165, 1.54) is 9.80 Å². The van der Waals surface area contributed by atoms with Gasteiger partial charge in [-0.15, -0.1) is 0 Å². The van der Waals surface area contributed by atoms with E-state index in [-0.39, 0.29) is 13.2 Å². The molecule has 0 spiro atoms. The Hall–Kier alpha value is -3.67. The molecule has 2 fully saturated rings. The molecule has 0 bridgehead atoms. The van der Waals surface area contributed by atoms with Crippen LogP contribution in [0.15, 0.2) is 60.7 Å². The van der Waals surface area contributed by atoms with Crippen LogP contribution in [0.5, 0.6) is 0 Å². The molecule has 2 saturated heterocycles. The predicted molar refractivity (Wildman–Crippen MR) is 153 cm³/mol. The summed E-state index contributed by atoms with van der Waals surface area (Å²) >= 11 is 14.4. The van der Waals surface area contributed by atoms with Crippen molar-refractivity contribution in [3.05, 3.63) is 71.8 Å². The lowest BCUT2D eigenvalue weighted by molar-refractivity contribution is -0.141. The average molecular weight is 644 g/mol. The van der Waals surface area contributed by atoms with Crippen LogP contribution in [0.2, 0.25) is 0 Å². The first kappa shape index (κ1) is 34.5. The molecule has 0 aromatic heterocycles. The normalized spacial score (nSPS) is 17.1. The van der Waals surface area contributed by atoms with Gasteiger partial charge in [0, 0.05) is 13.1 Å². The summed E-state index contributed by atoms with van der Waals surface area (Å²) in [6, 6.07) is 17.4. The zero-order valence-electron chi connectivity index (χ0n) is 22.3. The lowest BCUT2D eigenvalue weighted by Crippen LogP contribution is -2.40. The summed E-state index contributed by atoms with van der Waals surface area (Å²) in [7, 11) is 0. The Morgan fingerprint density at radius 3 is 1.40 bits per heavy atom. The number of carbonyl (C=O) groups is 6. The molecule has 2 aromatic carbocycles. The minimum Gasteiger partial charge on any atom is -0.480 e. The number of aliphatic carboxylic acids is 1. The van der Waals surface area contributed by atoms with Crippen LogP contribution in [0.1, 0.15) is 36.8 Å². The highest BCUT2D eigenvalue weighted by atomic mass is 35.5. The summed E-state index contributed by atoms with van der Waals surface area (Å²) in [5, 5.41) is 6.19. The first-order valence-corrected chi connectivity index (χ1v) is 13.9. The fourth-order valence-electron chi connectivity index (χ4n) is 4.07. The molecule has 2 amide bonds. The number of ether oxygens (including phenoxy) is 2. The number of amides is 2.